The first-order valence-corrected chi connectivity index (χ1v) is 5.37. The van der Waals surface area contributed by atoms with Crippen LogP contribution in [0.4, 0.5) is 4.39 Å². The normalized spacial score (nSPS) is 10.8. The zero-order chi connectivity index (χ0) is 12.7. The largest absolute Gasteiger partial charge is 0.465 e. The summed E-state index contributed by atoms with van der Waals surface area (Å²) in [5, 5.41) is 3.00. The fourth-order valence-corrected chi connectivity index (χ4v) is 1.39. The second kappa shape index (κ2) is 6.81. The highest BCUT2D eigenvalue weighted by Crippen LogP contribution is 2.12. The molecule has 0 spiro atoms. The molecule has 0 atom stereocenters. The van der Waals surface area contributed by atoms with Crippen molar-refractivity contribution in [3.63, 3.8) is 0 Å². The van der Waals surface area contributed by atoms with Crippen LogP contribution in [0.5, 0.6) is 0 Å². The topological polar surface area (TPSA) is 38.3 Å². The first kappa shape index (κ1) is 13.4. The summed E-state index contributed by atoms with van der Waals surface area (Å²) >= 11 is 0. The van der Waals surface area contributed by atoms with Gasteiger partial charge in [-0.3, -0.25) is 0 Å². The highest BCUT2D eigenvalue weighted by molar-refractivity contribution is 5.90. The summed E-state index contributed by atoms with van der Waals surface area (Å²) in [6.45, 7) is 0.857. The Balaban J connectivity index is 2.82. The monoisotopic (exact) mass is 237 g/mol. The fourth-order valence-electron chi connectivity index (χ4n) is 1.39. The quantitative estimate of drug-likeness (QED) is 0.630. The van der Waals surface area contributed by atoms with E-state index in [0.717, 1.165) is 19.0 Å². The number of esters is 1. The Labute approximate surface area is 100 Å². The molecule has 0 aliphatic carbocycles. The summed E-state index contributed by atoms with van der Waals surface area (Å²) in [6.07, 6.45) is 4.56. The van der Waals surface area contributed by atoms with E-state index in [2.05, 4.69) is 10.1 Å². The highest BCUT2D eigenvalue weighted by atomic mass is 19.1. The van der Waals surface area contributed by atoms with Crippen LogP contribution >= 0.6 is 0 Å². The number of methoxy groups -OCH3 is 1. The minimum atomic E-state index is -0.533. The molecule has 0 aliphatic heterocycles. The third-order valence-electron chi connectivity index (χ3n) is 2.21. The lowest BCUT2D eigenvalue weighted by atomic mass is 10.1. The molecule has 0 saturated carbocycles. The van der Waals surface area contributed by atoms with E-state index in [0.29, 0.717) is 5.56 Å². The number of nitrogens with one attached hydrogen (secondary N) is 1. The van der Waals surface area contributed by atoms with E-state index in [-0.39, 0.29) is 5.56 Å². The van der Waals surface area contributed by atoms with E-state index in [1.165, 1.54) is 13.2 Å². The van der Waals surface area contributed by atoms with Crippen molar-refractivity contribution in [1.29, 1.82) is 0 Å². The van der Waals surface area contributed by atoms with Crippen LogP contribution in [0, 0.1) is 5.82 Å². The Morgan fingerprint density at radius 1 is 1.47 bits per heavy atom. The standard InChI is InChI=1S/C13H16FNO2/c1-15-6-4-3-5-10-7-11(13(16)17-2)9-12(14)8-10/h3,5,7-9,15H,4,6H2,1-2H3. The molecule has 0 fully saturated rings. The summed E-state index contributed by atoms with van der Waals surface area (Å²) in [4.78, 5) is 11.3. The maximum atomic E-state index is 13.2. The van der Waals surface area contributed by atoms with Crippen molar-refractivity contribution in [1.82, 2.24) is 5.32 Å². The lowest BCUT2D eigenvalue weighted by Gasteiger charge is -2.01. The maximum Gasteiger partial charge on any atom is 0.337 e. The van der Waals surface area contributed by atoms with E-state index in [4.69, 9.17) is 0 Å². The minimum absolute atomic E-state index is 0.223. The van der Waals surface area contributed by atoms with Gasteiger partial charge in [-0.2, -0.15) is 0 Å². The van der Waals surface area contributed by atoms with E-state index in [9.17, 15) is 9.18 Å². The minimum Gasteiger partial charge on any atom is -0.465 e. The molecule has 1 rings (SSSR count). The van der Waals surface area contributed by atoms with Crippen LogP contribution in [0.2, 0.25) is 0 Å². The van der Waals surface area contributed by atoms with Crippen LogP contribution in [0.3, 0.4) is 0 Å². The van der Waals surface area contributed by atoms with Gasteiger partial charge in [-0.05, 0) is 43.8 Å². The zero-order valence-corrected chi connectivity index (χ0v) is 10.00. The highest BCUT2D eigenvalue weighted by Gasteiger charge is 2.07. The summed E-state index contributed by atoms with van der Waals surface area (Å²) < 4.78 is 17.8. The number of carbonyl (C=O) groups is 1. The van der Waals surface area contributed by atoms with Gasteiger partial charge in [-0.25, -0.2) is 9.18 Å². The Kier molecular flexibility index (Phi) is 5.36. The van der Waals surface area contributed by atoms with Crippen LogP contribution in [0.15, 0.2) is 24.3 Å². The van der Waals surface area contributed by atoms with Gasteiger partial charge in [0.05, 0.1) is 12.7 Å². The van der Waals surface area contributed by atoms with E-state index < -0.39 is 11.8 Å². The first-order valence-electron chi connectivity index (χ1n) is 5.37. The number of carbonyl (C=O) groups excluding carboxylic acids is 1. The molecule has 1 aromatic carbocycles. The fraction of sp³-hybridized carbons (Fsp3) is 0.308. The van der Waals surface area contributed by atoms with Crippen molar-refractivity contribution in [2.45, 2.75) is 6.42 Å². The van der Waals surface area contributed by atoms with Gasteiger partial charge in [-0.1, -0.05) is 12.2 Å². The Bertz CT molecular complexity index is 416. The van der Waals surface area contributed by atoms with Crippen LogP contribution in [-0.2, 0) is 4.74 Å². The Morgan fingerprint density at radius 3 is 2.88 bits per heavy atom. The van der Waals surface area contributed by atoms with E-state index in [1.807, 2.05) is 13.1 Å². The molecule has 0 amide bonds. The summed E-state index contributed by atoms with van der Waals surface area (Å²) in [7, 11) is 3.14. The van der Waals surface area contributed by atoms with Gasteiger partial charge < -0.3 is 10.1 Å². The molecule has 3 nitrogen and oxygen atoms in total. The van der Waals surface area contributed by atoms with Crippen molar-refractivity contribution < 1.29 is 13.9 Å². The first-order chi connectivity index (χ1) is 8.17. The average molecular weight is 237 g/mol. The van der Waals surface area contributed by atoms with Crippen molar-refractivity contribution in [2.75, 3.05) is 20.7 Å². The number of halogens is 1. The third-order valence-corrected chi connectivity index (χ3v) is 2.21. The van der Waals surface area contributed by atoms with Gasteiger partial charge in [0.15, 0.2) is 0 Å². The van der Waals surface area contributed by atoms with Crippen molar-refractivity contribution in [3.05, 3.63) is 41.2 Å². The summed E-state index contributed by atoms with van der Waals surface area (Å²) in [6, 6.07) is 4.14. The smallest absolute Gasteiger partial charge is 0.337 e. The lowest BCUT2D eigenvalue weighted by molar-refractivity contribution is 0.0600. The van der Waals surface area contributed by atoms with Gasteiger partial charge >= 0.3 is 5.97 Å². The van der Waals surface area contributed by atoms with Gasteiger partial charge in [0.25, 0.3) is 0 Å². The second-order valence-electron chi connectivity index (χ2n) is 3.56. The molecule has 0 heterocycles. The van der Waals surface area contributed by atoms with Gasteiger partial charge in [0, 0.05) is 0 Å². The van der Waals surface area contributed by atoms with Crippen molar-refractivity contribution in [2.24, 2.45) is 0 Å². The summed E-state index contributed by atoms with van der Waals surface area (Å²) in [5.74, 6) is -0.976. The number of ether oxygens (including phenoxy) is 1. The number of hydrogen-bond donors (Lipinski definition) is 1. The molecule has 0 unspecified atom stereocenters. The van der Waals surface area contributed by atoms with Gasteiger partial charge in [-0.15, -0.1) is 0 Å². The van der Waals surface area contributed by atoms with Crippen LogP contribution in [-0.4, -0.2) is 26.7 Å². The zero-order valence-electron chi connectivity index (χ0n) is 10.00. The molecule has 17 heavy (non-hydrogen) atoms. The molecular formula is C13H16FNO2. The predicted octanol–water partition coefficient (Wildman–Crippen LogP) is 2.24. The van der Waals surface area contributed by atoms with Gasteiger partial charge in [0.1, 0.15) is 5.82 Å². The molecule has 4 heteroatoms. The predicted molar refractivity (Wildman–Crippen MR) is 65.3 cm³/mol. The van der Waals surface area contributed by atoms with Crippen molar-refractivity contribution >= 4 is 12.0 Å². The van der Waals surface area contributed by atoms with Crippen LogP contribution in [0.25, 0.3) is 6.08 Å². The maximum absolute atomic E-state index is 13.2. The molecule has 92 valence electrons. The Hall–Kier alpha value is -1.68. The molecule has 0 radical (unpaired) electrons. The van der Waals surface area contributed by atoms with Crippen LogP contribution in [0.1, 0.15) is 22.3 Å². The average Bonchev–Trinajstić information content (AvgIpc) is 2.33. The number of rotatable bonds is 5. The molecular weight excluding hydrogens is 221 g/mol. The lowest BCUT2D eigenvalue weighted by Crippen LogP contribution is -2.05. The molecule has 1 N–H and O–H groups in total. The molecule has 1 aromatic rings. The van der Waals surface area contributed by atoms with Gasteiger partial charge in [0.2, 0.25) is 0 Å². The molecule has 0 saturated heterocycles. The van der Waals surface area contributed by atoms with E-state index >= 15 is 0 Å². The number of benzene rings is 1. The molecule has 0 aliphatic rings. The summed E-state index contributed by atoms with van der Waals surface area (Å²) in [5.41, 5.74) is 0.877. The Morgan fingerprint density at radius 2 is 2.24 bits per heavy atom. The van der Waals surface area contributed by atoms with Crippen molar-refractivity contribution in [3.8, 4) is 0 Å². The van der Waals surface area contributed by atoms with Crippen LogP contribution < -0.4 is 5.32 Å². The molecule has 0 aromatic heterocycles. The molecule has 0 bridgehead atoms. The second-order valence-corrected chi connectivity index (χ2v) is 3.56. The number of hydrogen-bond acceptors (Lipinski definition) is 3. The van der Waals surface area contributed by atoms with E-state index in [1.54, 1.807) is 12.1 Å². The third kappa shape index (κ3) is 4.36. The SMILES string of the molecule is CNCCC=Cc1cc(F)cc(C(=O)OC)c1.